The number of amides is 2. The highest BCUT2D eigenvalue weighted by Crippen LogP contribution is 2.20. The van der Waals surface area contributed by atoms with Gasteiger partial charge in [0, 0.05) is 31.1 Å². The molecule has 1 aromatic carbocycles. The fourth-order valence-electron chi connectivity index (χ4n) is 2.73. The molecule has 0 radical (unpaired) electrons. The molecule has 1 aliphatic heterocycles. The molecule has 7 nitrogen and oxygen atoms in total. The van der Waals surface area contributed by atoms with Crippen molar-refractivity contribution in [2.45, 2.75) is 25.7 Å². The molecule has 1 N–H and O–H groups in total. The topological polar surface area (TPSA) is 88.3 Å². The molecule has 0 bridgehead atoms. The molecular weight excluding hydrogens is 363 g/mol. The number of nitrogens with one attached hydrogen (secondary N) is 1. The Morgan fingerprint density at radius 2 is 2.23 bits per heavy atom. The van der Waals surface area contributed by atoms with E-state index in [1.165, 1.54) is 18.2 Å². The van der Waals surface area contributed by atoms with Crippen molar-refractivity contribution in [3.8, 4) is 0 Å². The molecule has 2 amide bonds. The van der Waals surface area contributed by atoms with Gasteiger partial charge in [0.25, 0.3) is 0 Å². The van der Waals surface area contributed by atoms with Crippen LogP contribution in [0.25, 0.3) is 0 Å². The van der Waals surface area contributed by atoms with Gasteiger partial charge in [0.1, 0.15) is 5.82 Å². The molecule has 0 unspecified atom stereocenters. The number of aromatic nitrogens is 2. The molecule has 0 saturated carbocycles. The average Bonchev–Trinajstić information content (AvgIpc) is 3.23. The van der Waals surface area contributed by atoms with Gasteiger partial charge in [0.15, 0.2) is 0 Å². The summed E-state index contributed by atoms with van der Waals surface area (Å²) in [7, 11) is 0. The van der Waals surface area contributed by atoms with Gasteiger partial charge in [0.05, 0.1) is 6.42 Å². The van der Waals surface area contributed by atoms with Crippen molar-refractivity contribution in [2.24, 2.45) is 0 Å². The highest BCUT2D eigenvalue weighted by molar-refractivity contribution is 6.31. The molecule has 26 heavy (non-hydrogen) atoms. The van der Waals surface area contributed by atoms with Gasteiger partial charge < -0.3 is 14.6 Å². The van der Waals surface area contributed by atoms with Crippen molar-refractivity contribution in [3.63, 3.8) is 0 Å². The van der Waals surface area contributed by atoms with Crippen molar-refractivity contribution in [3.05, 3.63) is 46.4 Å². The number of carbonyl (C=O) groups is 2. The normalized spacial score (nSPS) is 14.1. The third-order valence-electron chi connectivity index (χ3n) is 4.08. The second-order valence-electron chi connectivity index (χ2n) is 6.01. The molecule has 0 atom stereocenters. The quantitative estimate of drug-likeness (QED) is 0.744. The van der Waals surface area contributed by atoms with Gasteiger partial charge in [-0.2, -0.15) is 0 Å². The lowest BCUT2D eigenvalue weighted by Crippen LogP contribution is -2.30. The summed E-state index contributed by atoms with van der Waals surface area (Å²) in [5, 5.41) is 10.5. The molecule has 1 fully saturated rings. The number of nitrogens with zero attached hydrogens (tertiary/aromatic N) is 3. The van der Waals surface area contributed by atoms with Crippen LogP contribution in [0.3, 0.4) is 0 Å². The molecule has 0 spiro atoms. The second kappa shape index (κ2) is 8.27. The van der Waals surface area contributed by atoms with Gasteiger partial charge in [-0.25, -0.2) is 4.39 Å². The minimum absolute atomic E-state index is 0.143. The van der Waals surface area contributed by atoms with E-state index in [0.717, 1.165) is 13.0 Å². The zero-order chi connectivity index (χ0) is 18.5. The first kappa shape index (κ1) is 18.3. The number of benzene rings is 1. The Labute approximate surface area is 154 Å². The lowest BCUT2D eigenvalue weighted by Gasteiger charge is -2.14. The predicted octanol–water partition coefficient (Wildman–Crippen LogP) is 2.20. The van der Waals surface area contributed by atoms with Crippen LogP contribution in [0, 0.1) is 5.82 Å². The summed E-state index contributed by atoms with van der Waals surface area (Å²) in [6, 6.07) is 4.02. The van der Waals surface area contributed by atoms with E-state index in [9.17, 15) is 14.0 Å². The second-order valence-corrected chi connectivity index (χ2v) is 6.41. The average molecular weight is 381 g/mol. The van der Waals surface area contributed by atoms with Gasteiger partial charge >= 0.3 is 11.8 Å². The van der Waals surface area contributed by atoms with Gasteiger partial charge in [0.2, 0.25) is 11.8 Å². The minimum atomic E-state index is -0.471. The number of hydrogen-bond acceptors (Lipinski definition) is 5. The van der Waals surface area contributed by atoms with Crippen LogP contribution in [0.1, 0.15) is 41.4 Å². The number of likely N-dealkylation sites (tertiary alicyclic amines) is 1. The summed E-state index contributed by atoms with van der Waals surface area (Å²) >= 11 is 5.96. The van der Waals surface area contributed by atoms with Crippen molar-refractivity contribution >= 4 is 23.4 Å². The van der Waals surface area contributed by atoms with Gasteiger partial charge in [-0.05, 0) is 30.5 Å². The Bertz CT molecular complexity index is 811. The molecule has 3 rings (SSSR count). The Morgan fingerprint density at radius 3 is 2.96 bits per heavy atom. The first-order valence-electron chi connectivity index (χ1n) is 8.35. The lowest BCUT2D eigenvalue weighted by molar-refractivity contribution is -0.127. The first-order valence-corrected chi connectivity index (χ1v) is 8.73. The largest absolute Gasteiger partial charge is 0.417 e. The maximum Gasteiger partial charge on any atom is 0.308 e. The standard InChI is InChI=1S/C17H18ClFN4O3/c18-13-10-12(19)5-4-11(13)9-14-21-22-17(26-14)16(25)20-6-2-8-23-7-1-3-15(23)24/h4-5,10H,1-3,6-9H2,(H,20,25). The molecule has 2 aromatic rings. The highest BCUT2D eigenvalue weighted by atomic mass is 35.5. The van der Waals surface area contributed by atoms with Crippen molar-refractivity contribution in [2.75, 3.05) is 19.6 Å². The predicted molar refractivity (Wildman–Crippen MR) is 91.3 cm³/mol. The highest BCUT2D eigenvalue weighted by Gasteiger charge is 2.20. The lowest BCUT2D eigenvalue weighted by atomic mass is 10.1. The van der Waals surface area contributed by atoms with E-state index in [2.05, 4.69) is 15.5 Å². The van der Waals surface area contributed by atoms with Crippen LogP contribution in [0.15, 0.2) is 22.6 Å². The van der Waals surface area contributed by atoms with Crippen LogP contribution < -0.4 is 5.32 Å². The van der Waals surface area contributed by atoms with E-state index in [0.29, 0.717) is 31.5 Å². The Balaban J connectivity index is 1.47. The molecule has 0 aliphatic carbocycles. The Morgan fingerprint density at radius 1 is 1.38 bits per heavy atom. The fraction of sp³-hybridized carbons (Fsp3) is 0.412. The summed E-state index contributed by atoms with van der Waals surface area (Å²) in [6.07, 6.45) is 2.36. The Hall–Kier alpha value is -2.48. The first-order chi connectivity index (χ1) is 12.5. The smallest absolute Gasteiger partial charge is 0.308 e. The van der Waals surface area contributed by atoms with Gasteiger partial charge in [-0.15, -0.1) is 10.2 Å². The van der Waals surface area contributed by atoms with Crippen LogP contribution in [0.4, 0.5) is 4.39 Å². The van der Waals surface area contributed by atoms with Crippen LogP contribution in [-0.4, -0.2) is 46.5 Å². The molecule has 1 aromatic heterocycles. The maximum atomic E-state index is 13.1. The number of carbonyl (C=O) groups excluding carboxylic acids is 2. The van der Waals surface area contributed by atoms with Crippen molar-refractivity contribution < 1.29 is 18.4 Å². The monoisotopic (exact) mass is 380 g/mol. The molecule has 1 aliphatic rings. The van der Waals surface area contributed by atoms with E-state index in [1.807, 2.05) is 0 Å². The fourth-order valence-corrected chi connectivity index (χ4v) is 2.97. The summed E-state index contributed by atoms with van der Waals surface area (Å²) in [5.74, 6) is -0.666. The molecular formula is C17H18ClFN4O3. The van der Waals surface area contributed by atoms with Gasteiger partial charge in [-0.1, -0.05) is 17.7 Å². The van der Waals surface area contributed by atoms with E-state index in [4.69, 9.17) is 16.0 Å². The zero-order valence-corrected chi connectivity index (χ0v) is 14.8. The Kier molecular flexibility index (Phi) is 5.82. The number of hydrogen-bond donors (Lipinski definition) is 1. The summed E-state index contributed by atoms with van der Waals surface area (Å²) < 4.78 is 18.4. The SMILES string of the molecule is O=C(NCCCN1CCCC1=O)c1nnc(Cc2ccc(F)cc2Cl)o1. The van der Waals surface area contributed by atoms with Crippen LogP contribution in [-0.2, 0) is 11.2 Å². The molecule has 138 valence electrons. The number of rotatable bonds is 7. The third kappa shape index (κ3) is 4.57. The van der Waals surface area contributed by atoms with Crippen molar-refractivity contribution in [1.29, 1.82) is 0 Å². The summed E-state index contributed by atoms with van der Waals surface area (Å²) in [6.45, 7) is 1.81. The zero-order valence-electron chi connectivity index (χ0n) is 14.0. The molecule has 9 heteroatoms. The van der Waals surface area contributed by atoms with Crippen molar-refractivity contribution in [1.82, 2.24) is 20.4 Å². The van der Waals surface area contributed by atoms with E-state index >= 15 is 0 Å². The number of halogens is 2. The van der Waals surface area contributed by atoms with Crippen LogP contribution in [0.5, 0.6) is 0 Å². The maximum absolute atomic E-state index is 13.1. The van der Waals surface area contributed by atoms with E-state index < -0.39 is 11.7 Å². The summed E-state index contributed by atoms with van der Waals surface area (Å²) in [4.78, 5) is 25.3. The van der Waals surface area contributed by atoms with Crippen LogP contribution >= 0.6 is 11.6 Å². The van der Waals surface area contributed by atoms with E-state index in [-0.39, 0.29) is 29.1 Å². The van der Waals surface area contributed by atoms with Gasteiger partial charge in [-0.3, -0.25) is 9.59 Å². The van der Waals surface area contributed by atoms with Crippen LogP contribution in [0.2, 0.25) is 5.02 Å². The van der Waals surface area contributed by atoms with E-state index in [1.54, 1.807) is 4.90 Å². The third-order valence-corrected chi connectivity index (χ3v) is 4.43. The molecule has 1 saturated heterocycles. The minimum Gasteiger partial charge on any atom is -0.417 e. The summed E-state index contributed by atoms with van der Waals surface area (Å²) in [5.41, 5.74) is 0.624. The molecule has 2 heterocycles.